The van der Waals surface area contributed by atoms with Crippen LogP contribution in [0.15, 0.2) is 60.0 Å². The van der Waals surface area contributed by atoms with E-state index < -0.39 is 11.9 Å². The van der Waals surface area contributed by atoms with Gasteiger partial charge in [0.2, 0.25) is 0 Å². The van der Waals surface area contributed by atoms with E-state index in [1.54, 1.807) is 7.11 Å². The fourth-order valence-electron chi connectivity index (χ4n) is 2.49. The van der Waals surface area contributed by atoms with Crippen LogP contribution in [0.4, 0.5) is 5.13 Å². The maximum absolute atomic E-state index is 12.0. The molecule has 0 spiro atoms. The van der Waals surface area contributed by atoms with Crippen LogP contribution in [0.3, 0.4) is 0 Å². The van der Waals surface area contributed by atoms with Crippen LogP contribution < -0.4 is 10.1 Å². The number of carbonyl (C=O) groups excluding carboxylic acids is 2. The number of nitrogens with one attached hydrogen (secondary N) is 1. The van der Waals surface area contributed by atoms with E-state index in [1.807, 2.05) is 60.0 Å². The second-order valence-corrected chi connectivity index (χ2v) is 6.82. The maximum Gasteiger partial charge on any atom is 0.306 e. The number of nitrogens with zero attached hydrogens (tertiary/aromatic N) is 1. The molecule has 2 aromatic carbocycles. The van der Waals surface area contributed by atoms with Gasteiger partial charge in [-0.15, -0.1) is 11.3 Å². The van der Waals surface area contributed by atoms with E-state index in [4.69, 9.17) is 9.47 Å². The van der Waals surface area contributed by atoms with Gasteiger partial charge in [-0.1, -0.05) is 30.3 Å². The molecule has 0 atom stereocenters. The SMILES string of the molecule is COc1ccc(-c2csc(NC(=O)COC(=O)CCc3ccccc3)n2)cc1. The number of hydrogen-bond donors (Lipinski definition) is 1. The molecule has 144 valence electrons. The number of thiazole rings is 1. The Kier molecular flexibility index (Phi) is 6.75. The average Bonchev–Trinajstić information content (AvgIpc) is 3.20. The van der Waals surface area contributed by atoms with E-state index in [9.17, 15) is 9.59 Å². The van der Waals surface area contributed by atoms with Gasteiger partial charge in [0.1, 0.15) is 5.75 Å². The van der Waals surface area contributed by atoms with Gasteiger partial charge >= 0.3 is 5.97 Å². The Morgan fingerprint density at radius 2 is 1.82 bits per heavy atom. The minimum atomic E-state index is -0.413. The topological polar surface area (TPSA) is 77.5 Å². The van der Waals surface area contributed by atoms with Gasteiger partial charge in [-0.2, -0.15) is 0 Å². The molecule has 0 unspecified atom stereocenters. The molecule has 6 nitrogen and oxygen atoms in total. The average molecular weight is 396 g/mol. The Labute approximate surface area is 167 Å². The van der Waals surface area contributed by atoms with Crippen LogP contribution in [-0.4, -0.2) is 30.6 Å². The van der Waals surface area contributed by atoms with Crippen molar-refractivity contribution in [2.24, 2.45) is 0 Å². The molecule has 3 rings (SSSR count). The molecule has 0 aliphatic rings. The number of ether oxygens (including phenoxy) is 2. The summed E-state index contributed by atoms with van der Waals surface area (Å²) in [4.78, 5) is 28.2. The first-order valence-corrected chi connectivity index (χ1v) is 9.61. The fourth-order valence-corrected chi connectivity index (χ4v) is 3.23. The molecule has 1 aromatic heterocycles. The minimum absolute atomic E-state index is 0.232. The van der Waals surface area contributed by atoms with Crippen LogP contribution in [0.2, 0.25) is 0 Å². The number of hydrogen-bond acceptors (Lipinski definition) is 6. The number of amides is 1. The Bertz CT molecular complexity index is 923. The van der Waals surface area contributed by atoms with Crippen LogP contribution in [0.25, 0.3) is 11.3 Å². The number of esters is 1. The highest BCUT2D eigenvalue weighted by molar-refractivity contribution is 7.14. The van der Waals surface area contributed by atoms with Crippen LogP contribution in [0.1, 0.15) is 12.0 Å². The summed E-state index contributed by atoms with van der Waals surface area (Å²) in [7, 11) is 1.61. The van der Waals surface area contributed by atoms with Crippen molar-refractivity contribution in [1.29, 1.82) is 0 Å². The number of benzene rings is 2. The van der Waals surface area contributed by atoms with Crippen molar-refractivity contribution in [3.05, 3.63) is 65.5 Å². The molecule has 1 heterocycles. The third-order valence-corrected chi connectivity index (χ3v) is 4.72. The molecule has 0 fully saturated rings. The monoisotopic (exact) mass is 396 g/mol. The largest absolute Gasteiger partial charge is 0.497 e. The molecule has 0 aliphatic carbocycles. The lowest BCUT2D eigenvalue weighted by Crippen LogP contribution is -2.21. The summed E-state index contributed by atoms with van der Waals surface area (Å²) < 4.78 is 10.2. The molecule has 1 amide bonds. The molecular weight excluding hydrogens is 376 g/mol. The van der Waals surface area contributed by atoms with E-state index >= 15 is 0 Å². The summed E-state index contributed by atoms with van der Waals surface area (Å²) in [5.74, 6) is -0.0534. The zero-order valence-corrected chi connectivity index (χ0v) is 16.2. The van der Waals surface area contributed by atoms with Gasteiger partial charge in [-0.05, 0) is 36.2 Å². The highest BCUT2D eigenvalue weighted by atomic mass is 32.1. The Morgan fingerprint density at radius 3 is 2.54 bits per heavy atom. The van der Waals surface area contributed by atoms with Gasteiger partial charge in [-0.3, -0.25) is 14.9 Å². The third-order valence-electron chi connectivity index (χ3n) is 3.96. The second-order valence-electron chi connectivity index (χ2n) is 5.96. The summed E-state index contributed by atoms with van der Waals surface area (Å²) >= 11 is 1.31. The van der Waals surface area contributed by atoms with Gasteiger partial charge in [0.05, 0.1) is 12.8 Å². The first-order valence-electron chi connectivity index (χ1n) is 8.73. The maximum atomic E-state index is 12.0. The third kappa shape index (κ3) is 5.65. The summed E-state index contributed by atoms with van der Waals surface area (Å²) in [5.41, 5.74) is 2.73. The van der Waals surface area contributed by atoms with Crippen LogP contribution in [0.5, 0.6) is 5.75 Å². The molecule has 1 N–H and O–H groups in total. The standard InChI is InChI=1S/C21H20N2O4S/c1-26-17-10-8-16(9-11-17)18-14-28-21(22-18)23-19(24)13-27-20(25)12-7-15-5-3-2-4-6-15/h2-6,8-11,14H,7,12-13H2,1H3,(H,22,23,24). The van der Waals surface area contributed by atoms with Gasteiger partial charge in [0.15, 0.2) is 11.7 Å². The normalized spacial score (nSPS) is 10.3. The molecule has 0 radical (unpaired) electrons. The van der Waals surface area contributed by atoms with Crippen molar-refractivity contribution in [1.82, 2.24) is 4.98 Å². The second kappa shape index (κ2) is 9.66. The van der Waals surface area contributed by atoms with Gasteiger partial charge in [-0.25, -0.2) is 4.98 Å². The summed E-state index contributed by atoms with van der Waals surface area (Å²) in [6, 6.07) is 17.1. The zero-order valence-electron chi connectivity index (χ0n) is 15.4. The van der Waals surface area contributed by atoms with Crippen molar-refractivity contribution in [3.8, 4) is 17.0 Å². The number of aryl methyl sites for hydroxylation is 1. The van der Waals surface area contributed by atoms with Crippen LogP contribution >= 0.6 is 11.3 Å². The number of aromatic nitrogens is 1. The quantitative estimate of drug-likeness (QED) is 0.584. The summed E-state index contributed by atoms with van der Waals surface area (Å²) in [6.07, 6.45) is 0.815. The number of anilines is 1. The Hall–Kier alpha value is -3.19. The van der Waals surface area contributed by atoms with Crippen molar-refractivity contribution >= 4 is 28.3 Å². The van der Waals surface area contributed by atoms with Crippen molar-refractivity contribution < 1.29 is 19.1 Å². The fraction of sp³-hybridized carbons (Fsp3) is 0.190. The predicted octanol–water partition coefficient (Wildman–Crippen LogP) is 3.93. The smallest absolute Gasteiger partial charge is 0.306 e. The van der Waals surface area contributed by atoms with Gasteiger partial charge in [0.25, 0.3) is 5.91 Å². The number of rotatable bonds is 8. The van der Waals surface area contributed by atoms with Crippen molar-refractivity contribution in [2.45, 2.75) is 12.8 Å². The molecule has 0 saturated carbocycles. The first-order chi connectivity index (χ1) is 13.6. The lowest BCUT2D eigenvalue weighted by molar-refractivity contribution is -0.147. The van der Waals surface area contributed by atoms with Gasteiger partial charge in [0, 0.05) is 17.4 Å². The van der Waals surface area contributed by atoms with E-state index in [2.05, 4.69) is 10.3 Å². The van der Waals surface area contributed by atoms with Crippen molar-refractivity contribution in [3.63, 3.8) is 0 Å². The van der Waals surface area contributed by atoms with E-state index in [-0.39, 0.29) is 13.0 Å². The molecule has 7 heteroatoms. The minimum Gasteiger partial charge on any atom is -0.497 e. The summed E-state index contributed by atoms with van der Waals surface area (Å²) in [5, 5.41) is 4.96. The number of carbonyl (C=O) groups is 2. The van der Waals surface area contributed by atoms with Crippen molar-refractivity contribution in [2.75, 3.05) is 19.0 Å². The number of methoxy groups -OCH3 is 1. The molecule has 0 aliphatic heterocycles. The summed E-state index contributed by atoms with van der Waals surface area (Å²) in [6.45, 7) is -0.328. The van der Waals surface area contributed by atoms with Crippen LogP contribution in [-0.2, 0) is 20.7 Å². The molecule has 0 saturated heterocycles. The molecular formula is C21H20N2O4S. The van der Waals surface area contributed by atoms with E-state index in [1.165, 1.54) is 11.3 Å². The Balaban J connectivity index is 1.44. The highest BCUT2D eigenvalue weighted by Crippen LogP contribution is 2.26. The van der Waals surface area contributed by atoms with E-state index in [0.717, 1.165) is 22.6 Å². The first kappa shape index (κ1) is 19.6. The van der Waals surface area contributed by atoms with E-state index in [0.29, 0.717) is 11.6 Å². The lowest BCUT2D eigenvalue weighted by Gasteiger charge is -2.05. The molecule has 0 bridgehead atoms. The lowest BCUT2D eigenvalue weighted by atomic mass is 10.1. The van der Waals surface area contributed by atoms with Gasteiger partial charge < -0.3 is 9.47 Å². The molecule has 28 heavy (non-hydrogen) atoms. The zero-order chi connectivity index (χ0) is 19.8. The van der Waals surface area contributed by atoms with Crippen LogP contribution in [0, 0.1) is 0 Å². The highest BCUT2D eigenvalue weighted by Gasteiger charge is 2.11. The Morgan fingerprint density at radius 1 is 1.07 bits per heavy atom. The predicted molar refractivity (Wildman–Crippen MR) is 108 cm³/mol. The molecule has 3 aromatic rings.